The molecule has 2 nitrogen and oxygen atoms in total. The van der Waals surface area contributed by atoms with E-state index in [2.05, 4.69) is 21.2 Å². The first kappa shape index (κ1) is 13.0. The molecule has 6 heteroatoms. The van der Waals surface area contributed by atoms with Crippen LogP contribution in [0.2, 0.25) is 0 Å². The summed E-state index contributed by atoms with van der Waals surface area (Å²) in [6, 6.07) is 7.80. The molecule has 0 saturated heterocycles. The summed E-state index contributed by atoms with van der Waals surface area (Å²) in [7, 11) is 0. The highest BCUT2D eigenvalue weighted by atomic mass is 127. The zero-order chi connectivity index (χ0) is 12.4. The highest BCUT2D eigenvalue weighted by Crippen LogP contribution is 2.24. The first-order chi connectivity index (χ1) is 8.06. The maximum atomic E-state index is 12.9. The third kappa shape index (κ3) is 3.26. The molecule has 1 heterocycles. The molecule has 0 spiro atoms. The van der Waals surface area contributed by atoms with Gasteiger partial charge in [0.2, 0.25) is 0 Å². The molecule has 0 bridgehead atoms. The largest absolute Gasteiger partial charge is 0.320 e. The first-order valence-electron chi connectivity index (χ1n) is 4.58. The summed E-state index contributed by atoms with van der Waals surface area (Å²) in [5.74, 6) is -0.503. The van der Waals surface area contributed by atoms with Crippen molar-refractivity contribution in [1.82, 2.24) is 0 Å². The van der Waals surface area contributed by atoms with Gasteiger partial charge in [0.25, 0.3) is 5.91 Å². The number of hydrogen-bond donors (Lipinski definition) is 1. The number of carbonyl (C=O) groups is 1. The molecule has 1 aromatic carbocycles. The molecule has 0 fully saturated rings. The molecule has 0 atom stereocenters. The Morgan fingerprint density at radius 3 is 2.71 bits per heavy atom. The van der Waals surface area contributed by atoms with Gasteiger partial charge in [-0.1, -0.05) is 0 Å². The average molecular weight is 426 g/mol. The van der Waals surface area contributed by atoms with Crippen LogP contribution in [0.4, 0.5) is 10.1 Å². The fourth-order valence-corrected chi connectivity index (χ4v) is 3.10. The van der Waals surface area contributed by atoms with Crippen LogP contribution in [-0.2, 0) is 0 Å². The highest BCUT2D eigenvalue weighted by molar-refractivity contribution is 14.1. The Balaban J connectivity index is 2.18. The smallest absolute Gasteiger partial charge is 0.265 e. The van der Waals surface area contributed by atoms with Gasteiger partial charge in [-0.3, -0.25) is 4.79 Å². The Kier molecular flexibility index (Phi) is 4.16. The number of amides is 1. The number of halogens is 3. The van der Waals surface area contributed by atoms with Crippen LogP contribution in [-0.4, -0.2) is 5.91 Å². The molecule has 88 valence electrons. The molecular weight excluding hydrogens is 420 g/mol. The second-order valence-electron chi connectivity index (χ2n) is 3.18. The van der Waals surface area contributed by atoms with Gasteiger partial charge in [-0.15, -0.1) is 11.3 Å². The predicted octanol–water partition coefficient (Wildman–Crippen LogP) is 4.51. The van der Waals surface area contributed by atoms with Crippen molar-refractivity contribution in [3.63, 3.8) is 0 Å². The predicted molar refractivity (Wildman–Crippen MR) is 79.1 cm³/mol. The molecule has 0 aliphatic carbocycles. The molecule has 1 N–H and O–H groups in total. The SMILES string of the molecule is O=C(Nc1ccc(F)cc1I)c1ccc(Br)s1. The molecule has 1 aromatic heterocycles. The maximum absolute atomic E-state index is 12.9. The highest BCUT2D eigenvalue weighted by Gasteiger charge is 2.10. The molecule has 0 radical (unpaired) electrons. The summed E-state index contributed by atoms with van der Waals surface area (Å²) in [4.78, 5) is 12.5. The van der Waals surface area contributed by atoms with E-state index in [0.29, 0.717) is 14.1 Å². The molecule has 0 saturated carbocycles. The standard InChI is InChI=1S/C11H6BrFINOS/c12-10-4-3-9(17-10)11(16)15-8-2-1-6(13)5-7(8)14/h1-5H,(H,15,16). The van der Waals surface area contributed by atoms with E-state index < -0.39 is 0 Å². The van der Waals surface area contributed by atoms with Crippen molar-refractivity contribution in [2.45, 2.75) is 0 Å². The number of benzene rings is 1. The molecular formula is C11H6BrFINOS. The van der Waals surface area contributed by atoms with Crippen LogP contribution in [0.5, 0.6) is 0 Å². The molecule has 0 aliphatic heterocycles. The van der Waals surface area contributed by atoms with E-state index in [9.17, 15) is 9.18 Å². The molecule has 2 rings (SSSR count). The molecule has 1 amide bonds. The topological polar surface area (TPSA) is 29.1 Å². The Bertz CT molecular complexity index is 572. The summed E-state index contributed by atoms with van der Waals surface area (Å²) < 4.78 is 14.5. The Hall–Kier alpha value is -0.470. The van der Waals surface area contributed by atoms with Crippen molar-refractivity contribution >= 4 is 61.5 Å². The Labute approximate surface area is 124 Å². The maximum Gasteiger partial charge on any atom is 0.265 e. The Morgan fingerprint density at radius 2 is 2.12 bits per heavy atom. The van der Waals surface area contributed by atoms with Crippen molar-refractivity contribution < 1.29 is 9.18 Å². The van der Waals surface area contributed by atoms with Crippen molar-refractivity contribution in [2.24, 2.45) is 0 Å². The summed E-state index contributed by atoms with van der Waals surface area (Å²) in [5.41, 5.74) is 0.613. The molecule has 2 aromatic rings. The summed E-state index contributed by atoms with van der Waals surface area (Å²) in [6.07, 6.45) is 0. The fourth-order valence-electron chi connectivity index (χ4n) is 1.21. The number of thiophene rings is 1. The number of anilines is 1. The summed E-state index contributed by atoms with van der Waals surface area (Å²) in [5, 5.41) is 2.74. The van der Waals surface area contributed by atoms with Crippen molar-refractivity contribution in [1.29, 1.82) is 0 Å². The number of hydrogen-bond acceptors (Lipinski definition) is 2. The number of nitrogens with one attached hydrogen (secondary N) is 1. The van der Waals surface area contributed by atoms with Gasteiger partial charge in [-0.2, -0.15) is 0 Å². The van der Waals surface area contributed by atoms with E-state index in [0.717, 1.165) is 3.79 Å². The third-order valence-electron chi connectivity index (χ3n) is 1.98. The monoisotopic (exact) mass is 425 g/mol. The summed E-state index contributed by atoms with van der Waals surface area (Å²) in [6.45, 7) is 0. The van der Waals surface area contributed by atoms with Gasteiger partial charge in [-0.05, 0) is 68.9 Å². The van der Waals surface area contributed by atoms with Crippen LogP contribution >= 0.6 is 49.9 Å². The minimum Gasteiger partial charge on any atom is -0.320 e. The van der Waals surface area contributed by atoms with Crippen LogP contribution in [0.15, 0.2) is 34.1 Å². The minimum atomic E-state index is -0.314. The lowest BCUT2D eigenvalue weighted by atomic mass is 10.3. The van der Waals surface area contributed by atoms with Crippen LogP contribution in [0.25, 0.3) is 0 Å². The van der Waals surface area contributed by atoms with Crippen LogP contribution < -0.4 is 5.32 Å². The van der Waals surface area contributed by atoms with Gasteiger partial charge in [0, 0.05) is 3.57 Å². The minimum absolute atomic E-state index is 0.190. The van der Waals surface area contributed by atoms with Crippen molar-refractivity contribution in [3.05, 3.63) is 48.4 Å². The van der Waals surface area contributed by atoms with Gasteiger partial charge in [0.1, 0.15) is 5.82 Å². The fraction of sp³-hybridized carbons (Fsp3) is 0. The average Bonchev–Trinajstić information content (AvgIpc) is 2.69. The van der Waals surface area contributed by atoms with E-state index in [-0.39, 0.29) is 11.7 Å². The van der Waals surface area contributed by atoms with Gasteiger partial charge in [0.15, 0.2) is 0 Å². The van der Waals surface area contributed by atoms with Crippen LogP contribution in [0.3, 0.4) is 0 Å². The normalized spacial score (nSPS) is 10.3. The van der Waals surface area contributed by atoms with Gasteiger partial charge >= 0.3 is 0 Å². The summed E-state index contributed by atoms with van der Waals surface area (Å²) >= 11 is 6.63. The third-order valence-corrected chi connectivity index (χ3v) is 4.49. The van der Waals surface area contributed by atoms with E-state index in [4.69, 9.17) is 0 Å². The first-order valence-corrected chi connectivity index (χ1v) is 7.27. The lowest BCUT2D eigenvalue weighted by molar-refractivity contribution is 0.103. The van der Waals surface area contributed by atoms with E-state index in [1.54, 1.807) is 12.1 Å². The van der Waals surface area contributed by atoms with E-state index in [1.807, 2.05) is 28.7 Å². The van der Waals surface area contributed by atoms with Crippen molar-refractivity contribution in [2.75, 3.05) is 5.32 Å². The van der Waals surface area contributed by atoms with Crippen LogP contribution in [0.1, 0.15) is 9.67 Å². The molecule has 0 unspecified atom stereocenters. The second kappa shape index (κ2) is 5.45. The van der Waals surface area contributed by atoms with Crippen molar-refractivity contribution in [3.8, 4) is 0 Å². The zero-order valence-electron chi connectivity index (χ0n) is 8.34. The number of carbonyl (C=O) groups excluding carboxylic acids is 1. The molecule has 0 aliphatic rings. The van der Waals surface area contributed by atoms with E-state index in [1.165, 1.54) is 23.5 Å². The van der Waals surface area contributed by atoms with Gasteiger partial charge in [0.05, 0.1) is 14.4 Å². The lowest BCUT2D eigenvalue weighted by Crippen LogP contribution is -2.11. The van der Waals surface area contributed by atoms with Crippen LogP contribution in [0, 0.1) is 9.39 Å². The zero-order valence-corrected chi connectivity index (χ0v) is 12.9. The number of rotatable bonds is 2. The quantitative estimate of drug-likeness (QED) is 0.705. The molecule has 17 heavy (non-hydrogen) atoms. The Morgan fingerprint density at radius 1 is 1.35 bits per heavy atom. The second-order valence-corrected chi connectivity index (χ2v) is 6.81. The van der Waals surface area contributed by atoms with Gasteiger partial charge in [-0.25, -0.2) is 4.39 Å². The van der Waals surface area contributed by atoms with Gasteiger partial charge < -0.3 is 5.32 Å². The van der Waals surface area contributed by atoms with E-state index >= 15 is 0 Å². The lowest BCUT2D eigenvalue weighted by Gasteiger charge is -2.05.